The van der Waals surface area contributed by atoms with E-state index in [9.17, 15) is 0 Å². The first-order valence-corrected chi connectivity index (χ1v) is 10.6. The summed E-state index contributed by atoms with van der Waals surface area (Å²) in [6.45, 7) is 6.16. The van der Waals surface area contributed by atoms with Crippen LogP contribution in [0.2, 0.25) is 0 Å². The minimum absolute atomic E-state index is 0.443. The Hall–Kier alpha value is -3.27. The summed E-state index contributed by atoms with van der Waals surface area (Å²) >= 11 is 0. The molecule has 0 spiro atoms. The molecule has 0 fully saturated rings. The normalized spacial score (nSPS) is 11.0. The van der Waals surface area contributed by atoms with E-state index in [1.54, 1.807) is 0 Å². The zero-order valence-electron chi connectivity index (χ0n) is 17.7. The van der Waals surface area contributed by atoms with Crippen LogP contribution in [-0.2, 0) is 19.6 Å². The first-order valence-electron chi connectivity index (χ1n) is 10.6. The molecule has 0 saturated carbocycles. The quantitative estimate of drug-likeness (QED) is 0.326. The Labute approximate surface area is 178 Å². The number of nitrogens with zero attached hydrogens (tertiary/aromatic N) is 2. The molecule has 4 heteroatoms. The van der Waals surface area contributed by atoms with Crippen LogP contribution in [0.15, 0.2) is 72.8 Å². The third-order valence-corrected chi connectivity index (χ3v) is 5.31. The molecule has 4 aromatic rings. The lowest BCUT2D eigenvalue weighted by Crippen LogP contribution is -2.10. The second-order valence-corrected chi connectivity index (χ2v) is 7.42. The Kier molecular flexibility index (Phi) is 6.33. The Morgan fingerprint density at radius 3 is 2.43 bits per heavy atom. The average Bonchev–Trinajstić information content (AvgIpc) is 3.14. The Bertz CT molecular complexity index is 1100. The highest BCUT2D eigenvalue weighted by Gasteiger charge is 2.11. The van der Waals surface area contributed by atoms with E-state index in [1.807, 2.05) is 36.4 Å². The van der Waals surface area contributed by atoms with Gasteiger partial charge in [-0.1, -0.05) is 49.4 Å². The summed E-state index contributed by atoms with van der Waals surface area (Å²) in [4.78, 5) is 4.81. The van der Waals surface area contributed by atoms with Crippen molar-refractivity contribution in [3.63, 3.8) is 0 Å². The fourth-order valence-corrected chi connectivity index (χ4v) is 3.58. The van der Waals surface area contributed by atoms with Gasteiger partial charge in [0, 0.05) is 6.54 Å². The molecular formula is C26H28N2O2. The third kappa shape index (κ3) is 4.65. The number of imidazole rings is 1. The van der Waals surface area contributed by atoms with Crippen molar-refractivity contribution in [2.75, 3.05) is 6.61 Å². The van der Waals surface area contributed by atoms with E-state index in [2.05, 4.69) is 54.8 Å². The van der Waals surface area contributed by atoms with Crippen molar-refractivity contribution in [1.29, 1.82) is 0 Å². The number of aromatic nitrogens is 2. The van der Waals surface area contributed by atoms with Crippen LogP contribution >= 0.6 is 0 Å². The second-order valence-electron chi connectivity index (χ2n) is 7.42. The molecule has 0 radical (unpaired) electrons. The zero-order chi connectivity index (χ0) is 20.8. The number of aryl methyl sites for hydroxylation is 3. The summed E-state index contributed by atoms with van der Waals surface area (Å²) in [6.07, 6.45) is 1.94. The van der Waals surface area contributed by atoms with Gasteiger partial charge < -0.3 is 14.0 Å². The number of rotatable bonds is 9. The van der Waals surface area contributed by atoms with Crippen LogP contribution in [0.25, 0.3) is 11.0 Å². The molecule has 0 unspecified atom stereocenters. The molecule has 3 aromatic carbocycles. The van der Waals surface area contributed by atoms with Crippen LogP contribution < -0.4 is 9.47 Å². The summed E-state index contributed by atoms with van der Waals surface area (Å²) in [6, 6.07) is 24.7. The van der Waals surface area contributed by atoms with E-state index in [0.29, 0.717) is 13.2 Å². The molecule has 0 aliphatic heterocycles. The topological polar surface area (TPSA) is 36.3 Å². The third-order valence-electron chi connectivity index (χ3n) is 5.31. The van der Waals surface area contributed by atoms with Crippen molar-refractivity contribution in [3.8, 4) is 11.5 Å². The molecule has 0 aliphatic rings. The molecule has 0 aliphatic carbocycles. The molecule has 0 amide bonds. The maximum atomic E-state index is 6.08. The molecular weight excluding hydrogens is 372 g/mol. The molecule has 0 bridgehead atoms. The van der Waals surface area contributed by atoms with Crippen molar-refractivity contribution in [2.24, 2.45) is 0 Å². The lowest BCUT2D eigenvalue weighted by Gasteiger charge is -2.12. The predicted octanol–water partition coefficient (Wildman–Crippen LogP) is 5.96. The minimum Gasteiger partial charge on any atom is -0.494 e. The Morgan fingerprint density at radius 2 is 1.63 bits per heavy atom. The maximum absolute atomic E-state index is 6.08. The highest BCUT2D eigenvalue weighted by atomic mass is 16.5. The van der Waals surface area contributed by atoms with Gasteiger partial charge in [0.05, 0.1) is 17.6 Å². The highest BCUT2D eigenvalue weighted by molar-refractivity contribution is 5.75. The number of hydrogen-bond acceptors (Lipinski definition) is 3. The average molecular weight is 401 g/mol. The molecule has 4 rings (SSSR count). The van der Waals surface area contributed by atoms with E-state index < -0.39 is 0 Å². The fourth-order valence-electron chi connectivity index (χ4n) is 3.58. The van der Waals surface area contributed by atoms with Crippen molar-refractivity contribution in [3.05, 3.63) is 89.7 Å². The fraction of sp³-hybridized carbons (Fsp3) is 0.269. The number of fused-ring (bicyclic) bond motifs is 1. The smallest absolute Gasteiger partial charge is 0.148 e. The molecule has 0 atom stereocenters. The first-order chi connectivity index (χ1) is 14.7. The van der Waals surface area contributed by atoms with Gasteiger partial charge in [0.25, 0.3) is 0 Å². The molecule has 1 heterocycles. The molecule has 0 N–H and O–H groups in total. The Morgan fingerprint density at radius 1 is 0.867 bits per heavy atom. The van der Waals surface area contributed by atoms with Crippen molar-refractivity contribution in [2.45, 2.75) is 39.8 Å². The molecule has 0 saturated heterocycles. The number of hydrogen-bond donors (Lipinski definition) is 0. The van der Waals surface area contributed by atoms with Crippen LogP contribution in [0.3, 0.4) is 0 Å². The van der Waals surface area contributed by atoms with Gasteiger partial charge in [-0.05, 0) is 61.2 Å². The minimum atomic E-state index is 0.443. The molecule has 4 nitrogen and oxygen atoms in total. The van der Waals surface area contributed by atoms with Gasteiger partial charge in [-0.2, -0.15) is 0 Å². The first kappa shape index (κ1) is 20.0. The van der Waals surface area contributed by atoms with Gasteiger partial charge in [-0.25, -0.2) is 4.98 Å². The van der Waals surface area contributed by atoms with E-state index in [0.717, 1.165) is 53.3 Å². The van der Waals surface area contributed by atoms with Gasteiger partial charge in [0.15, 0.2) is 0 Å². The number of benzene rings is 3. The summed E-state index contributed by atoms with van der Waals surface area (Å²) < 4.78 is 14.3. The van der Waals surface area contributed by atoms with Crippen molar-refractivity contribution in [1.82, 2.24) is 9.55 Å². The van der Waals surface area contributed by atoms with Gasteiger partial charge in [0.2, 0.25) is 0 Å². The summed E-state index contributed by atoms with van der Waals surface area (Å²) in [5.74, 6) is 2.76. The highest BCUT2D eigenvalue weighted by Crippen LogP contribution is 2.21. The predicted molar refractivity (Wildman–Crippen MR) is 121 cm³/mol. The summed E-state index contributed by atoms with van der Waals surface area (Å²) in [7, 11) is 0. The van der Waals surface area contributed by atoms with Crippen LogP contribution in [0.1, 0.15) is 30.3 Å². The zero-order valence-corrected chi connectivity index (χ0v) is 17.7. The van der Waals surface area contributed by atoms with Gasteiger partial charge in [0.1, 0.15) is 23.9 Å². The van der Waals surface area contributed by atoms with Gasteiger partial charge >= 0.3 is 0 Å². The molecule has 30 heavy (non-hydrogen) atoms. The van der Waals surface area contributed by atoms with E-state index in [4.69, 9.17) is 14.5 Å². The summed E-state index contributed by atoms with van der Waals surface area (Å²) in [5, 5.41) is 0. The van der Waals surface area contributed by atoms with Crippen molar-refractivity contribution >= 4 is 11.0 Å². The van der Waals surface area contributed by atoms with E-state index in [-0.39, 0.29) is 0 Å². The maximum Gasteiger partial charge on any atom is 0.148 e. The lowest BCUT2D eigenvalue weighted by molar-refractivity contribution is 0.279. The summed E-state index contributed by atoms with van der Waals surface area (Å²) in [5.41, 5.74) is 4.58. The van der Waals surface area contributed by atoms with Crippen LogP contribution in [0.5, 0.6) is 11.5 Å². The monoisotopic (exact) mass is 400 g/mol. The number of ether oxygens (including phenoxy) is 2. The van der Waals surface area contributed by atoms with Crippen molar-refractivity contribution < 1.29 is 9.47 Å². The molecule has 154 valence electrons. The van der Waals surface area contributed by atoms with E-state index >= 15 is 0 Å². The molecule has 1 aromatic heterocycles. The number of para-hydroxylation sites is 3. The Balaban J connectivity index is 1.42. The second kappa shape index (κ2) is 9.49. The standard InChI is InChI=1S/C26H28N2O2/c1-3-21-13-15-22(16-14-21)29-18-8-17-28-24-11-6-5-10-23(24)27-26(28)19-30-25-12-7-4-9-20(25)2/h4-7,9-16H,3,8,17-19H2,1-2H3. The van der Waals surface area contributed by atoms with E-state index in [1.165, 1.54) is 5.56 Å². The van der Waals surface area contributed by atoms with Crippen LogP contribution in [0, 0.1) is 6.92 Å². The van der Waals surface area contributed by atoms with Crippen LogP contribution in [-0.4, -0.2) is 16.2 Å². The lowest BCUT2D eigenvalue weighted by atomic mass is 10.2. The SMILES string of the molecule is CCc1ccc(OCCCn2c(COc3ccccc3C)nc3ccccc32)cc1. The van der Waals surface area contributed by atoms with Gasteiger partial charge in [-0.3, -0.25) is 0 Å². The largest absolute Gasteiger partial charge is 0.494 e. The van der Waals surface area contributed by atoms with Crippen LogP contribution in [0.4, 0.5) is 0 Å². The van der Waals surface area contributed by atoms with Gasteiger partial charge in [-0.15, -0.1) is 0 Å².